The molecule has 0 saturated heterocycles. The van der Waals surface area contributed by atoms with Crippen molar-refractivity contribution in [2.75, 3.05) is 11.9 Å². The van der Waals surface area contributed by atoms with Gasteiger partial charge in [0, 0.05) is 25.1 Å². The molecule has 5 nitrogen and oxygen atoms in total. The van der Waals surface area contributed by atoms with Crippen LogP contribution in [0.2, 0.25) is 0 Å². The van der Waals surface area contributed by atoms with E-state index in [9.17, 15) is 9.59 Å². The molecular formula is C15H24ClN3O2. The molecule has 0 aliphatic heterocycles. The Morgan fingerprint density at radius 2 is 1.76 bits per heavy atom. The minimum absolute atomic E-state index is 0. The second-order valence-electron chi connectivity index (χ2n) is 4.66. The van der Waals surface area contributed by atoms with Crippen LogP contribution in [0.15, 0.2) is 24.3 Å². The number of benzene rings is 1. The average Bonchev–Trinajstić information content (AvgIpc) is 2.44. The Balaban J connectivity index is 0.00000400. The maximum atomic E-state index is 11.4. The topological polar surface area (TPSA) is 84.2 Å². The molecule has 1 aromatic carbocycles. The zero-order valence-electron chi connectivity index (χ0n) is 12.4. The summed E-state index contributed by atoms with van der Waals surface area (Å²) in [5, 5.41) is 5.66. The second-order valence-corrected chi connectivity index (χ2v) is 4.66. The van der Waals surface area contributed by atoms with Crippen LogP contribution in [0, 0.1) is 0 Å². The predicted octanol–water partition coefficient (Wildman–Crippen LogP) is 2.20. The molecule has 2 amide bonds. The van der Waals surface area contributed by atoms with Crippen molar-refractivity contribution in [3.63, 3.8) is 0 Å². The van der Waals surface area contributed by atoms with E-state index in [0.29, 0.717) is 32.4 Å². The Morgan fingerprint density at radius 3 is 2.33 bits per heavy atom. The summed E-state index contributed by atoms with van der Waals surface area (Å²) in [5.74, 6) is 0.0334. The highest BCUT2D eigenvalue weighted by Gasteiger charge is 2.02. The summed E-state index contributed by atoms with van der Waals surface area (Å²) in [5.41, 5.74) is 7.13. The van der Waals surface area contributed by atoms with Crippen molar-refractivity contribution in [3.8, 4) is 0 Å². The molecule has 0 saturated carbocycles. The molecule has 0 heterocycles. The van der Waals surface area contributed by atoms with E-state index >= 15 is 0 Å². The van der Waals surface area contributed by atoms with Crippen LogP contribution >= 0.6 is 12.4 Å². The van der Waals surface area contributed by atoms with Crippen LogP contribution in [-0.2, 0) is 16.1 Å². The molecule has 0 bridgehead atoms. The lowest BCUT2D eigenvalue weighted by molar-refractivity contribution is -0.121. The Morgan fingerprint density at radius 1 is 1.10 bits per heavy atom. The first-order chi connectivity index (χ1) is 9.65. The number of hydrogen-bond donors (Lipinski definition) is 3. The molecule has 0 atom stereocenters. The molecule has 1 aromatic rings. The number of carbonyl (C=O) groups is 2. The lowest BCUT2D eigenvalue weighted by Crippen LogP contribution is -2.23. The number of amides is 2. The molecule has 0 fully saturated rings. The first kappa shape index (κ1) is 19.4. The van der Waals surface area contributed by atoms with E-state index < -0.39 is 0 Å². The van der Waals surface area contributed by atoms with Gasteiger partial charge in [0.15, 0.2) is 0 Å². The van der Waals surface area contributed by atoms with Crippen molar-refractivity contribution in [2.24, 2.45) is 5.73 Å². The molecule has 21 heavy (non-hydrogen) atoms. The van der Waals surface area contributed by atoms with Gasteiger partial charge in [-0.1, -0.05) is 19.1 Å². The summed E-state index contributed by atoms with van der Waals surface area (Å²) in [6.45, 7) is 2.99. The predicted molar refractivity (Wildman–Crippen MR) is 87.4 cm³/mol. The van der Waals surface area contributed by atoms with Gasteiger partial charge in [-0.15, -0.1) is 12.4 Å². The monoisotopic (exact) mass is 313 g/mol. The van der Waals surface area contributed by atoms with E-state index in [1.165, 1.54) is 0 Å². The van der Waals surface area contributed by atoms with Crippen LogP contribution in [0.5, 0.6) is 0 Å². The fraction of sp³-hybridized carbons (Fsp3) is 0.467. The Labute approximate surface area is 132 Å². The average molecular weight is 314 g/mol. The fourth-order valence-electron chi connectivity index (χ4n) is 1.71. The Hall–Kier alpha value is -1.59. The number of nitrogens with one attached hydrogen (secondary N) is 2. The molecule has 0 aliphatic rings. The molecule has 0 spiro atoms. The number of anilines is 1. The SMILES string of the molecule is CCCC(=O)Nc1ccc(CNC(=O)CCCN)cc1.Cl. The number of carbonyl (C=O) groups excluding carboxylic acids is 2. The van der Waals surface area contributed by atoms with Crippen molar-refractivity contribution in [1.29, 1.82) is 0 Å². The van der Waals surface area contributed by atoms with Gasteiger partial charge in [-0.25, -0.2) is 0 Å². The normalized spacial score (nSPS) is 9.62. The first-order valence-electron chi connectivity index (χ1n) is 7.01. The zero-order chi connectivity index (χ0) is 14.8. The summed E-state index contributed by atoms with van der Waals surface area (Å²) in [4.78, 5) is 22.9. The molecule has 4 N–H and O–H groups in total. The third-order valence-electron chi connectivity index (χ3n) is 2.81. The van der Waals surface area contributed by atoms with Crippen molar-refractivity contribution >= 4 is 29.9 Å². The largest absolute Gasteiger partial charge is 0.352 e. The summed E-state index contributed by atoms with van der Waals surface area (Å²) in [6, 6.07) is 7.47. The van der Waals surface area contributed by atoms with E-state index in [1.807, 2.05) is 31.2 Å². The highest BCUT2D eigenvalue weighted by molar-refractivity contribution is 5.90. The van der Waals surface area contributed by atoms with Crippen LogP contribution in [0.4, 0.5) is 5.69 Å². The van der Waals surface area contributed by atoms with Gasteiger partial charge in [-0.3, -0.25) is 9.59 Å². The van der Waals surface area contributed by atoms with Crippen LogP contribution < -0.4 is 16.4 Å². The lowest BCUT2D eigenvalue weighted by Gasteiger charge is -2.07. The zero-order valence-corrected chi connectivity index (χ0v) is 13.2. The molecular weight excluding hydrogens is 290 g/mol. The van der Waals surface area contributed by atoms with Gasteiger partial charge < -0.3 is 16.4 Å². The smallest absolute Gasteiger partial charge is 0.224 e. The van der Waals surface area contributed by atoms with Crippen LogP contribution in [0.3, 0.4) is 0 Å². The van der Waals surface area contributed by atoms with Crippen molar-refractivity contribution in [2.45, 2.75) is 39.2 Å². The minimum atomic E-state index is 0. The van der Waals surface area contributed by atoms with E-state index in [-0.39, 0.29) is 24.2 Å². The van der Waals surface area contributed by atoms with Gasteiger partial charge in [-0.2, -0.15) is 0 Å². The Bertz CT molecular complexity index is 435. The van der Waals surface area contributed by atoms with Gasteiger partial charge in [-0.05, 0) is 37.1 Å². The van der Waals surface area contributed by atoms with Gasteiger partial charge in [0.1, 0.15) is 0 Å². The maximum absolute atomic E-state index is 11.4. The standard InChI is InChI=1S/C15H23N3O2.ClH/c1-2-4-15(20)18-13-8-6-12(7-9-13)11-17-14(19)5-3-10-16;/h6-9H,2-5,10-11,16H2,1H3,(H,17,19)(H,18,20);1H. The van der Waals surface area contributed by atoms with Crippen molar-refractivity contribution in [1.82, 2.24) is 5.32 Å². The van der Waals surface area contributed by atoms with Gasteiger partial charge in [0.25, 0.3) is 0 Å². The molecule has 118 valence electrons. The summed E-state index contributed by atoms with van der Waals surface area (Å²) in [7, 11) is 0. The second kappa shape index (κ2) is 11.1. The van der Waals surface area contributed by atoms with Crippen LogP contribution in [-0.4, -0.2) is 18.4 Å². The quantitative estimate of drug-likeness (QED) is 0.688. The number of nitrogens with two attached hydrogens (primary N) is 1. The summed E-state index contributed by atoms with van der Waals surface area (Å²) >= 11 is 0. The van der Waals surface area contributed by atoms with Gasteiger partial charge in [0.05, 0.1) is 0 Å². The Kier molecular flexibility index (Phi) is 10.3. The summed E-state index contributed by atoms with van der Waals surface area (Å²) < 4.78 is 0. The molecule has 1 rings (SSSR count). The van der Waals surface area contributed by atoms with E-state index in [0.717, 1.165) is 17.7 Å². The first-order valence-corrected chi connectivity index (χ1v) is 7.01. The number of rotatable bonds is 8. The molecule has 0 aromatic heterocycles. The minimum Gasteiger partial charge on any atom is -0.352 e. The third kappa shape index (κ3) is 8.32. The van der Waals surface area contributed by atoms with Gasteiger partial charge >= 0.3 is 0 Å². The van der Waals surface area contributed by atoms with Crippen LogP contribution in [0.25, 0.3) is 0 Å². The van der Waals surface area contributed by atoms with Gasteiger partial charge in [0.2, 0.25) is 11.8 Å². The van der Waals surface area contributed by atoms with Crippen molar-refractivity contribution < 1.29 is 9.59 Å². The number of hydrogen-bond acceptors (Lipinski definition) is 3. The summed E-state index contributed by atoms with van der Waals surface area (Å²) in [6.07, 6.45) is 2.52. The van der Waals surface area contributed by atoms with E-state index in [1.54, 1.807) is 0 Å². The van der Waals surface area contributed by atoms with Crippen LogP contribution in [0.1, 0.15) is 38.2 Å². The third-order valence-corrected chi connectivity index (χ3v) is 2.81. The molecule has 0 radical (unpaired) electrons. The number of halogens is 1. The lowest BCUT2D eigenvalue weighted by atomic mass is 10.2. The molecule has 0 unspecified atom stereocenters. The highest BCUT2D eigenvalue weighted by Crippen LogP contribution is 2.10. The van der Waals surface area contributed by atoms with Crippen molar-refractivity contribution in [3.05, 3.63) is 29.8 Å². The molecule has 6 heteroatoms. The fourth-order valence-corrected chi connectivity index (χ4v) is 1.71. The highest BCUT2D eigenvalue weighted by atomic mass is 35.5. The maximum Gasteiger partial charge on any atom is 0.224 e. The van der Waals surface area contributed by atoms with E-state index in [2.05, 4.69) is 10.6 Å². The molecule has 0 aliphatic carbocycles. The van der Waals surface area contributed by atoms with E-state index in [4.69, 9.17) is 5.73 Å².